The molecular weight excluding hydrogens is 332 g/mol. The molecule has 6 nitrogen and oxygen atoms in total. The number of carbonyl (C=O) groups excluding carboxylic acids is 2. The summed E-state index contributed by atoms with van der Waals surface area (Å²) in [5, 5.41) is 9.43. The van der Waals surface area contributed by atoms with Gasteiger partial charge in [0.2, 0.25) is 5.91 Å². The SMILES string of the molecule is CC(C)(C)c1ccc(C(=O)NNC(=O)C2C3CCC(C3)C2C(=O)O)cc1. The second kappa shape index (κ2) is 6.74. The van der Waals surface area contributed by atoms with Gasteiger partial charge in [-0.25, -0.2) is 0 Å². The van der Waals surface area contributed by atoms with Crippen LogP contribution in [-0.4, -0.2) is 22.9 Å². The first kappa shape index (κ1) is 18.4. The van der Waals surface area contributed by atoms with Crippen LogP contribution < -0.4 is 10.9 Å². The van der Waals surface area contributed by atoms with E-state index in [9.17, 15) is 19.5 Å². The topological polar surface area (TPSA) is 95.5 Å². The molecule has 26 heavy (non-hydrogen) atoms. The summed E-state index contributed by atoms with van der Waals surface area (Å²) in [6.45, 7) is 6.28. The van der Waals surface area contributed by atoms with Crippen molar-refractivity contribution >= 4 is 17.8 Å². The van der Waals surface area contributed by atoms with Crippen LogP contribution in [-0.2, 0) is 15.0 Å². The van der Waals surface area contributed by atoms with Gasteiger partial charge in [-0.2, -0.15) is 0 Å². The van der Waals surface area contributed by atoms with Gasteiger partial charge < -0.3 is 5.11 Å². The van der Waals surface area contributed by atoms with Gasteiger partial charge in [-0.05, 0) is 54.2 Å². The number of rotatable bonds is 3. The quantitative estimate of drug-likeness (QED) is 0.724. The predicted molar refractivity (Wildman–Crippen MR) is 96.2 cm³/mol. The lowest BCUT2D eigenvalue weighted by Crippen LogP contribution is -2.48. The maximum atomic E-state index is 12.5. The molecule has 3 N–H and O–H groups in total. The van der Waals surface area contributed by atoms with Crippen molar-refractivity contribution in [2.45, 2.75) is 45.4 Å². The van der Waals surface area contributed by atoms with Gasteiger partial charge in [0.05, 0.1) is 11.8 Å². The van der Waals surface area contributed by atoms with Crippen molar-refractivity contribution in [3.05, 3.63) is 35.4 Å². The van der Waals surface area contributed by atoms with Gasteiger partial charge in [0, 0.05) is 5.56 Å². The summed E-state index contributed by atoms with van der Waals surface area (Å²) in [7, 11) is 0. The fourth-order valence-electron chi connectivity index (χ4n) is 4.42. The van der Waals surface area contributed by atoms with Crippen LogP contribution in [0, 0.1) is 23.7 Å². The third-order valence-electron chi connectivity index (χ3n) is 5.82. The maximum Gasteiger partial charge on any atom is 0.307 e. The minimum Gasteiger partial charge on any atom is -0.481 e. The summed E-state index contributed by atoms with van der Waals surface area (Å²) in [4.78, 5) is 36.3. The largest absolute Gasteiger partial charge is 0.481 e. The Bertz CT molecular complexity index is 720. The molecule has 2 bridgehead atoms. The van der Waals surface area contributed by atoms with E-state index in [2.05, 4.69) is 31.6 Å². The van der Waals surface area contributed by atoms with E-state index in [1.165, 1.54) is 0 Å². The molecule has 2 aliphatic carbocycles. The Hall–Kier alpha value is -2.37. The van der Waals surface area contributed by atoms with Crippen LogP contribution in [0.5, 0.6) is 0 Å². The predicted octanol–water partition coefficient (Wildman–Crippen LogP) is 2.49. The number of hydrogen-bond acceptors (Lipinski definition) is 3. The molecule has 1 aromatic rings. The van der Waals surface area contributed by atoms with Crippen LogP contribution >= 0.6 is 0 Å². The van der Waals surface area contributed by atoms with Gasteiger partial charge in [-0.3, -0.25) is 25.2 Å². The third kappa shape index (κ3) is 3.45. The monoisotopic (exact) mass is 358 g/mol. The van der Waals surface area contributed by atoms with Gasteiger partial charge in [0.25, 0.3) is 5.91 Å². The van der Waals surface area contributed by atoms with Crippen molar-refractivity contribution in [1.29, 1.82) is 0 Å². The van der Waals surface area contributed by atoms with E-state index in [4.69, 9.17) is 0 Å². The summed E-state index contributed by atoms with van der Waals surface area (Å²) in [5.41, 5.74) is 6.41. The Morgan fingerprint density at radius 2 is 1.54 bits per heavy atom. The number of aliphatic carboxylic acids is 1. The fraction of sp³-hybridized carbons (Fsp3) is 0.550. The minimum atomic E-state index is -0.915. The number of hydrazine groups is 1. The molecule has 6 heteroatoms. The molecule has 2 fully saturated rings. The molecule has 0 aliphatic heterocycles. The van der Waals surface area contributed by atoms with E-state index in [1.807, 2.05) is 12.1 Å². The first-order valence-electron chi connectivity index (χ1n) is 9.12. The van der Waals surface area contributed by atoms with Crippen LogP contribution in [0.1, 0.15) is 56.0 Å². The average molecular weight is 358 g/mol. The highest BCUT2D eigenvalue weighted by Gasteiger charge is 2.54. The van der Waals surface area contributed by atoms with Gasteiger partial charge in [-0.1, -0.05) is 32.9 Å². The zero-order valence-corrected chi connectivity index (χ0v) is 15.4. The van der Waals surface area contributed by atoms with Gasteiger partial charge in [0.15, 0.2) is 0 Å². The molecular formula is C20H26N2O4. The molecule has 2 saturated carbocycles. The highest BCUT2D eigenvalue weighted by Crippen LogP contribution is 2.52. The van der Waals surface area contributed by atoms with Crippen LogP contribution in [0.15, 0.2) is 24.3 Å². The zero-order valence-electron chi connectivity index (χ0n) is 15.4. The lowest BCUT2D eigenvalue weighted by Gasteiger charge is -2.27. The fourth-order valence-corrected chi connectivity index (χ4v) is 4.42. The van der Waals surface area contributed by atoms with Crippen molar-refractivity contribution in [1.82, 2.24) is 10.9 Å². The number of carboxylic acids is 1. The molecule has 0 spiro atoms. The number of carbonyl (C=O) groups is 3. The Labute approximate surface area is 153 Å². The first-order valence-corrected chi connectivity index (χ1v) is 9.12. The van der Waals surface area contributed by atoms with Crippen LogP contribution in [0.3, 0.4) is 0 Å². The summed E-state index contributed by atoms with van der Waals surface area (Å²) in [6.07, 6.45) is 2.55. The molecule has 4 atom stereocenters. The van der Waals surface area contributed by atoms with E-state index in [0.717, 1.165) is 24.8 Å². The highest BCUT2D eigenvalue weighted by atomic mass is 16.4. The summed E-state index contributed by atoms with van der Waals surface area (Å²) in [5.74, 6) is -2.75. The maximum absolute atomic E-state index is 12.5. The molecule has 0 saturated heterocycles. The van der Waals surface area contributed by atoms with E-state index in [-0.39, 0.29) is 17.3 Å². The molecule has 140 valence electrons. The summed E-state index contributed by atoms with van der Waals surface area (Å²) in [6, 6.07) is 7.24. The van der Waals surface area contributed by atoms with Crippen molar-refractivity contribution in [2.24, 2.45) is 23.7 Å². The van der Waals surface area contributed by atoms with Gasteiger partial charge in [-0.15, -0.1) is 0 Å². The molecule has 4 unspecified atom stereocenters. The first-order chi connectivity index (χ1) is 12.2. The second-order valence-corrected chi connectivity index (χ2v) is 8.49. The Kier molecular flexibility index (Phi) is 4.78. The number of amides is 2. The molecule has 0 aromatic heterocycles. The number of carboxylic acid groups (broad SMARTS) is 1. The third-order valence-corrected chi connectivity index (χ3v) is 5.82. The van der Waals surface area contributed by atoms with Crippen LogP contribution in [0.25, 0.3) is 0 Å². The number of nitrogens with one attached hydrogen (secondary N) is 2. The van der Waals surface area contributed by atoms with E-state index in [0.29, 0.717) is 5.56 Å². The molecule has 0 radical (unpaired) electrons. The van der Waals surface area contributed by atoms with Gasteiger partial charge in [0.1, 0.15) is 0 Å². The minimum absolute atomic E-state index is 0.00312. The lowest BCUT2D eigenvalue weighted by atomic mass is 9.79. The van der Waals surface area contributed by atoms with Crippen LogP contribution in [0.4, 0.5) is 0 Å². The zero-order chi connectivity index (χ0) is 19.1. The van der Waals surface area contributed by atoms with Crippen molar-refractivity contribution in [3.63, 3.8) is 0 Å². The molecule has 2 aliphatic rings. The number of fused-ring (bicyclic) bond motifs is 2. The lowest BCUT2D eigenvalue weighted by molar-refractivity contribution is -0.149. The van der Waals surface area contributed by atoms with Crippen LogP contribution in [0.2, 0.25) is 0 Å². The normalized spacial score (nSPS) is 27.2. The molecule has 1 aromatic carbocycles. The van der Waals surface area contributed by atoms with Crippen molar-refractivity contribution < 1.29 is 19.5 Å². The smallest absolute Gasteiger partial charge is 0.307 e. The Morgan fingerprint density at radius 1 is 0.962 bits per heavy atom. The van der Waals surface area contributed by atoms with E-state index < -0.39 is 29.6 Å². The second-order valence-electron chi connectivity index (χ2n) is 8.49. The Morgan fingerprint density at radius 3 is 2.08 bits per heavy atom. The van der Waals surface area contributed by atoms with E-state index in [1.54, 1.807) is 12.1 Å². The summed E-state index contributed by atoms with van der Waals surface area (Å²) < 4.78 is 0. The summed E-state index contributed by atoms with van der Waals surface area (Å²) >= 11 is 0. The number of hydrogen-bond donors (Lipinski definition) is 3. The average Bonchev–Trinajstić information content (AvgIpc) is 3.19. The molecule has 0 heterocycles. The standard InChI is InChI=1S/C20H26N2O4/c1-20(2,3)14-8-6-11(7-9-14)17(23)21-22-18(24)15-12-4-5-13(10-12)16(15)19(25)26/h6-9,12-13,15-16H,4-5,10H2,1-3H3,(H,21,23)(H,22,24)(H,25,26). The van der Waals surface area contributed by atoms with E-state index >= 15 is 0 Å². The highest BCUT2D eigenvalue weighted by molar-refractivity contribution is 5.96. The number of benzene rings is 1. The van der Waals surface area contributed by atoms with Crippen molar-refractivity contribution in [2.75, 3.05) is 0 Å². The van der Waals surface area contributed by atoms with Crippen molar-refractivity contribution in [3.8, 4) is 0 Å². The van der Waals surface area contributed by atoms with Gasteiger partial charge >= 0.3 is 5.97 Å². The molecule has 3 rings (SSSR count). The Balaban J connectivity index is 1.61. The molecule has 2 amide bonds.